The van der Waals surface area contributed by atoms with E-state index in [-0.39, 0.29) is 17.3 Å². The summed E-state index contributed by atoms with van der Waals surface area (Å²) in [4.78, 5) is 12.3. The van der Waals surface area contributed by atoms with E-state index in [1.54, 1.807) is 13.8 Å². The zero-order valence-corrected chi connectivity index (χ0v) is 18.1. The lowest BCUT2D eigenvalue weighted by Crippen LogP contribution is -2.42. The highest BCUT2D eigenvalue weighted by Gasteiger charge is 2.52. The third kappa shape index (κ3) is 5.77. The van der Waals surface area contributed by atoms with E-state index in [4.69, 9.17) is 0 Å². The van der Waals surface area contributed by atoms with Gasteiger partial charge < -0.3 is 15.3 Å². The van der Waals surface area contributed by atoms with Crippen molar-refractivity contribution in [2.45, 2.75) is 116 Å². The number of hydrogen-bond acceptors (Lipinski definition) is 4. The van der Waals surface area contributed by atoms with E-state index in [2.05, 4.69) is 6.92 Å². The zero-order valence-electron chi connectivity index (χ0n) is 18.1. The van der Waals surface area contributed by atoms with Gasteiger partial charge in [-0.2, -0.15) is 0 Å². The fraction of sp³-hybridized carbons (Fsp3) is 0.957. The van der Waals surface area contributed by atoms with Crippen molar-refractivity contribution in [3.05, 3.63) is 0 Å². The monoisotopic (exact) mass is 382 g/mol. The standard InChI is InChI=1S/C23H42O4/c1-21(2,26)14-6-8-16(10-13-20(25)22(3,4)27)17-11-12-18-19(24)9-7-15-23(17,18)5/h16-19,24,26-27H,6-15H2,1-5H3/t16-,17+,18?,19-,23+/m0/s1. The van der Waals surface area contributed by atoms with Gasteiger partial charge in [-0.15, -0.1) is 0 Å². The van der Waals surface area contributed by atoms with Crippen molar-refractivity contribution >= 4 is 5.78 Å². The smallest absolute Gasteiger partial charge is 0.163 e. The molecule has 0 aromatic rings. The third-order valence-corrected chi connectivity index (χ3v) is 7.52. The van der Waals surface area contributed by atoms with Crippen LogP contribution in [-0.4, -0.2) is 38.4 Å². The Morgan fingerprint density at radius 2 is 1.78 bits per heavy atom. The number of carbonyl (C=O) groups excluding carboxylic acids is 1. The van der Waals surface area contributed by atoms with E-state index >= 15 is 0 Å². The maximum Gasteiger partial charge on any atom is 0.163 e. The van der Waals surface area contributed by atoms with Crippen LogP contribution in [0.2, 0.25) is 0 Å². The van der Waals surface area contributed by atoms with Crippen molar-refractivity contribution in [1.82, 2.24) is 0 Å². The van der Waals surface area contributed by atoms with Gasteiger partial charge in [0, 0.05) is 6.42 Å². The quantitative estimate of drug-likeness (QED) is 0.557. The molecule has 5 atom stereocenters. The second-order valence-electron chi connectivity index (χ2n) is 10.7. The molecule has 2 aliphatic rings. The number of aliphatic hydroxyl groups is 3. The summed E-state index contributed by atoms with van der Waals surface area (Å²) >= 11 is 0. The number of Topliss-reactive ketones (excluding diaryl/α,β-unsaturated/α-hetero) is 1. The Kier molecular flexibility index (Phi) is 7.19. The first kappa shape index (κ1) is 22.8. The van der Waals surface area contributed by atoms with Gasteiger partial charge in [-0.3, -0.25) is 4.79 Å². The summed E-state index contributed by atoms with van der Waals surface area (Å²) in [6, 6.07) is 0. The second kappa shape index (κ2) is 8.51. The van der Waals surface area contributed by atoms with E-state index in [1.807, 2.05) is 13.8 Å². The molecule has 2 fully saturated rings. The summed E-state index contributed by atoms with van der Waals surface area (Å²) in [6.07, 6.45) is 9.15. The van der Waals surface area contributed by atoms with Crippen LogP contribution in [-0.2, 0) is 4.79 Å². The predicted molar refractivity (Wildman–Crippen MR) is 108 cm³/mol. The first-order valence-corrected chi connectivity index (χ1v) is 11.0. The van der Waals surface area contributed by atoms with Gasteiger partial charge in [0.1, 0.15) is 5.60 Å². The van der Waals surface area contributed by atoms with Gasteiger partial charge in [0.15, 0.2) is 5.78 Å². The Balaban J connectivity index is 2.09. The Labute approximate surface area is 165 Å². The van der Waals surface area contributed by atoms with Gasteiger partial charge in [0.05, 0.1) is 11.7 Å². The van der Waals surface area contributed by atoms with Crippen molar-refractivity contribution in [2.75, 3.05) is 0 Å². The summed E-state index contributed by atoms with van der Waals surface area (Å²) in [6.45, 7) is 9.21. The molecule has 0 aliphatic heterocycles. The minimum atomic E-state index is -1.26. The molecular formula is C23H42O4. The molecule has 0 aromatic heterocycles. The Morgan fingerprint density at radius 3 is 2.37 bits per heavy atom. The minimum absolute atomic E-state index is 0.0848. The number of fused-ring (bicyclic) bond motifs is 1. The van der Waals surface area contributed by atoms with Gasteiger partial charge in [0.25, 0.3) is 0 Å². The predicted octanol–water partition coefficient (Wildman–Crippen LogP) is 4.24. The molecule has 0 heterocycles. The summed E-state index contributed by atoms with van der Waals surface area (Å²) < 4.78 is 0. The third-order valence-electron chi connectivity index (χ3n) is 7.52. The first-order chi connectivity index (χ1) is 12.3. The van der Waals surface area contributed by atoms with Crippen LogP contribution in [0.3, 0.4) is 0 Å². The van der Waals surface area contributed by atoms with Crippen LogP contribution >= 0.6 is 0 Å². The molecule has 2 rings (SSSR count). The zero-order chi connectivity index (χ0) is 20.5. The molecule has 3 N–H and O–H groups in total. The Hall–Kier alpha value is -0.450. The van der Waals surface area contributed by atoms with Crippen molar-refractivity contribution in [1.29, 1.82) is 0 Å². The van der Waals surface area contributed by atoms with E-state index in [0.29, 0.717) is 24.2 Å². The average molecular weight is 383 g/mol. The van der Waals surface area contributed by atoms with Crippen LogP contribution in [0, 0.1) is 23.2 Å². The van der Waals surface area contributed by atoms with Crippen LogP contribution in [0.15, 0.2) is 0 Å². The van der Waals surface area contributed by atoms with E-state index in [9.17, 15) is 20.1 Å². The SMILES string of the molecule is CC(C)(O)CCC[C@@H](CCC(=O)C(C)(C)O)[C@H]1CCC2[C@@H](O)CCC[C@@]21C. The van der Waals surface area contributed by atoms with Crippen molar-refractivity contribution < 1.29 is 20.1 Å². The molecule has 4 nitrogen and oxygen atoms in total. The molecule has 158 valence electrons. The molecule has 0 bridgehead atoms. The Morgan fingerprint density at radius 1 is 1.11 bits per heavy atom. The number of carbonyl (C=O) groups is 1. The molecule has 1 unspecified atom stereocenters. The molecule has 0 aromatic carbocycles. The molecule has 2 aliphatic carbocycles. The first-order valence-electron chi connectivity index (χ1n) is 11.0. The second-order valence-corrected chi connectivity index (χ2v) is 10.7. The molecule has 27 heavy (non-hydrogen) atoms. The van der Waals surface area contributed by atoms with Gasteiger partial charge in [0.2, 0.25) is 0 Å². The summed E-state index contributed by atoms with van der Waals surface area (Å²) in [7, 11) is 0. The molecule has 0 radical (unpaired) electrons. The number of hydrogen-bond donors (Lipinski definition) is 3. The summed E-state index contributed by atoms with van der Waals surface area (Å²) in [5.41, 5.74) is -1.76. The van der Waals surface area contributed by atoms with Crippen LogP contribution in [0.5, 0.6) is 0 Å². The van der Waals surface area contributed by atoms with Gasteiger partial charge in [-0.05, 0) is 89.4 Å². The average Bonchev–Trinajstić information content (AvgIpc) is 2.86. The maximum absolute atomic E-state index is 12.3. The summed E-state index contributed by atoms with van der Waals surface area (Å²) in [5, 5.41) is 30.6. The van der Waals surface area contributed by atoms with Crippen LogP contribution in [0.1, 0.15) is 98.8 Å². The van der Waals surface area contributed by atoms with Gasteiger partial charge >= 0.3 is 0 Å². The van der Waals surface area contributed by atoms with E-state index in [0.717, 1.165) is 51.4 Å². The van der Waals surface area contributed by atoms with Crippen molar-refractivity contribution in [3.8, 4) is 0 Å². The van der Waals surface area contributed by atoms with Crippen LogP contribution in [0.25, 0.3) is 0 Å². The summed E-state index contributed by atoms with van der Waals surface area (Å²) in [5.74, 6) is 1.24. The lowest BCUT2D eigenvalue weighted by atomic mass is 9.60. The van der Waals surface area contributed by atoms with Crippen molar-refractivity contribution in [2.24, 2.45) is 23.2 Å². The topological polar surface area (TPSA) is 77.8 Å². The lowest BCUT2D eigenvalue weighted by Gasteiger charge is -2.46. The fourth-order valence-corrected chi connectivity index (χ4v) is 5.93. The molecular weight excluding hydrogens is 340 g/mol. The minimum Gasteiger partial charge on any atom is -0.393 e. The van der Waals surface area contributed by atoms with Gasteiger partial charge in [-0.25, -0.2) is 0 Å². The van der Waals surface area contributed by atoms with Gasteiger partial charge in [-0.1, -0.05) is 26.2 Å². The normalized spacial score (nSPS) is 33.0. The van der Waals surface area contributed by atoms with Crippen LogP contribution in [0.4, 0.5) is 0 Å². The maximum atomic E-state index is 12.3. The molecule has 0 amide bonds. The molecule has 2 saturated carbocycles. The number of rotatable bonds is 9. The lowest BCUT2D eigenvalue weighted by molar-refractivity contribution is -0.134. The molecule has 0 spiro atoms. The fourth-order valence-electron chi connectivity index (χ4n) is 5.93. The Bertz CT molecular complexity index is 501. The number of ketones is 1. The highest BCUT2D eigenvalue weighted by Crippen LogP contribution is 2.59. The van der Waals surface area contributed by atoms with Crippen molar-refractivity contribution in [3.63, 3.8) is 0 Å². The van der Waals surface area contributed by atoms with E-state index < -0.39 is 11.2 Å². The van der Waals surface area contributed by atoms with E-state index in [1.165, 1.54) is 6.42 Å². The highest BCUT2D eigenvalue weighted by atomic mass is 16.3. The molecule has 0 saturated heterocycles. The largest absolute Gasteiger partial charge is 0.393 e. The molecule has 4 heteroatoms. The highest BCUT2D eigenvalue weighted by molar-refractivity contribution is 5.86. The number of aliphatic hydroxyl groups excluding tert-OH is 1. The van der Waals surface area contributed by atoms with Crippen LogP contribution < -0.4 is 0 Å².